The van der Waals surface area contributed by atoms with Crippen molar-refractivity contribution < 1.29 is 17.6 Å². The molecule has 3 rings (SSSR count). The number of carbonyl (C=O) groups excluding carboxylic acids is 1. The zero-order chi connectivity index (χ0) is 17.3. The Morgan fingerprint density at radius 3 is 2.83 bits per heavy atom. The minimum Gasteiger partial charge on any atom is -0.459 e. The van der Waals surface area contributed by atoms with Gasteiger partial charge in [0.2, 0.25) is 0 Å². The summed E-state index contributed by atoms with van der Waals surface area (Å²) in [6.45, 7) is 4.36. The number of sulfone groups is 1. The van der Waals surface area contributed by atoms with Crippen LogP contribution in [0.25, 0.3) is 10.8 Å². The van der Waals surface area contributed by atoms with Crippen LogP contribution >= 0.6 is 11.3 Å². The minimum atomic E-state index is -3.04. The molecule has 1 aliphatic rings. The van der Waals surface area contributed by atoms with Gasteiger partial charge in [-0.3, -0.25) is 4.79 Å². The maximum Gasteiger partial charge on any atom is 0.273 e. The summed E-state index contributed by atoms with van der Waals surface area (Å²) in [4.78, 5) is 18.9. The SMILES string of the molecule is CCCN(C(=O)c1csc(-c2ccc(C)o2)n1)[C@@H]1CCS(=O)(=O)C1. The largest absolute Gasteiger partial charge is 0.459 e. The number of amides is 1. The molecule has 3 heterocycles. The highest BCUT2D eigenvalue weighted by atomic mass is 32.2. The minimum absolute atomic E-state index is 0.0487. The predicted molar refractivity (Wildman–Crippen MR) is 92.9 cm³/mol. The van der Waals surface area contributed by atoms with Gasteiger partial charge in [-0.25, -0.2) is 13.4 Å². The fourth-order valence-corrected chi connectivity index (χ4v) is 5.38. The molecule has 0 saturated carbocycles. The van der Waals surface area contributed by atoms with Crippen LogP contribution in [0, 0.1) is 6.92 Å². The van der Waals surface area contributed by atoms with Crippen LogP contribution in [0.5, 0.6) is 0 Å². The van der Waals surface area contributed by atoms with Crippen molar-refractivity contribution in [2.45, 2.75) is 32.7 Å². The summed E-state index contributed by atoms with van der Waals surface area (Å²) in [5.74, 6) is 1.43. The van der Waals surface area contributed by atoms with Crippen molar-refractivity contribution in [1.82, 2.24) is 9.88 Å². The number of nitrogens with zero attached hydrogens (tertiary/aromatic N) is 2. The Hall–Kier alpha value is -1.67. The second-order valence-electron chi connectivity index (χ2n) is 6.00. The average molecular weight is 368 g/mol. The lowest BCUT2D eigenvalue weighted by Gasteiger charge is -2.27. The van der Waals surface area contributed by atoms with Gasteiger partial charge in [-0.15, -0.1) is 11.3 Å². The third-order valence-electron chi connectivity index (χ3n) is 4.05. The summed E-state index contributed by atoms with van der Waals surface area (Å²) < 4.78 is 29.0. The van der Waals surface area contributed by atoms with Crippen molar-refractivity contribution >= 4 is 27.1 Å². The van der Waals surface area contributed by atoms with E-state index in [1.54, 1.807) is 10.3 Å². The fourth-order valence-electron chi connectivity index (χ4n) is 2.89. The first-order valence-corrected chi connectivity index (χ1v) is 10.6. The third kappa shape index (κ3) is 3.54. The van der Waals surface area contributed by atoms with Crippen LogP contribution in [0.3, 0.4) is 0 Å². The third-order valence-corrected chi connectivity index (χ3v) is 6.66. The van der Waals surface area contributed by atoms with E-state index in [2.05, 4.69) is 4.98 Å². The van der Waals surface area contributed by atoms with E-state index in [9.17, 15) is 13.2 Å². The molecule has 0 aliphatic carbocycles. The van der Waals surface area contributed by atoms with E-state index in [4.69, 9.17) is 4.42 Å². The predicted octanol–water partition coefficient (Wildman–Crippen LogP) is 2.75. The van der Waals surface area contributed by atoms with E-state index in [1.165, 1.54) is 11.3 Å². The molecule has 0 unspecified atom stereocenters. The topological polar surface area (TPSA) is 80.5 Å². The Kier molecular flexibility index (Phi) is 4.78. The molecule has 1 aliphatic heterocycles. The van der Waals surface area contributed by atoms with Gasteiger partial charge in [-0.2, -0.15) is 0 Å². The second kappa shape index (κ2) is 6.68. The molecule has 6 nitrogen and oxygen atoms in total. The number of aryl methyl sites for hydroxylation is 1. The van der Waals surface area contributed by atoms with Gasteiger partial charge in [0, 0.05) is 18.0 Å². The number of rotatable bonds is 5. The van der Waals surface area contributed by atoms with Crippen LogP contribution in [0.1, 0.15) is 36.0 Å². The second-order valence-corrected chi connectivity index (χ2v) is 9.09. The molecule has 0 bridgehead atoms. The monoisotopic (exact) mass is 368 g/mol. The Morgan fingerprint density at radius 1 is 1.46 bits per heavy atom. The first-order chi connectivity index (χ1) is 11.4. The highest BCUT2D eigenvalue weighted by Crippen LogP contribution is 2.27. The number of aromatic nitrogens is 1. The van der Waals surface area contributed by atoms with E-state index < -0.39 is 9.84 Å². The van der Waals surface area contributed by atoms with Crippen LogP contribution in [-0.4, -0.2) is 48.3 Å². The van der Waals surface area contributed by atoms with Gasteiger partial charge in [-0.1, -0.05) is 6.92 Å². The van der Waals surface area contributed by atoms with Crippen LogP contribution in [-0.2, 0) is 9.84 Å². The Morgan fingerprint density at radius 2 is 2.25 bits per heavy atom. The highest BCUT2D eigenvalue weighted by Gasteiger charge is 2.35. The lowest BCUT2D eigenvalue weighted by atomic mass is 10.2. The molecule has 130 valence electrons. The molecule has 8 heteroatoms. The van der Waals surface area contributed by atoms with Gasteiger partial charge in [0.05, 0.1) is 11.5 Å². The normalized spacial score (nSPS) is 19.5. The Balaban J connectivity index is 1.82. The lowest BCUT2D eigenvalue weighted by Crippen LogP contribution is -2.41. The number of carbonyl (C=O) groups is 1. The quantitative estimate of drug-likeness (QED) is 0.811. The molecule has 1 fully saturated rings. The molecule has 1 amide bonds. The van der Waals surface area contributed by atoms with E-state index in [1.807, 2.05) is 26.0 Å². The first kappa shape index (κ1) is 17.2. The maximum absolute atomic E-state index is 12.8. The van der Waals surface area contributed by atoms with Crippen molar-refractivity contribution in [3.8, 4) is 10.8 Å². The molecular weight excluding hydrogens is 348 g/mol. The van der Waals surface area contributed by atoms with Crippen LogP contribution in [0.4, 0.5) is 0 Å². The molecule has 0 N–H and O–H groups in total. The average Bonchev–Trinajstić information content (AvgIpc) is 3.23. The van der Waals surface area contributed by atoms with E-state index in [-0.39, 0.29) is 23.5 Å². The van der Waals surface area contributed by atoms with Gasteiger partial charge >= 0.3 is 0 Å². The number of hydrogen-bond acceptors (Lipinski definition) is 6. The number of furan rings is 1. The summed E-state index contributed by atoms with van der Waals surface area (Å²) in [7, 11) is -3.04. The maximum atomic E-state index is 12.8. The summed E-state index contributed by atoms with van der Waals surface area (Å²) in [6.07, 6.45) is 1.28. The molecule has 1 saturated heterocycles. The number of thiazole rings is 1. The molecule has 24 heavy (non-hydrogen) atoms. The Bertz CT molecular complexity index is 838. The molecule has 0 spiro atoms. The molecule has 2 aromatic heterocycles. The zero-order valence-electron chi connectivity index (χ0n) is 13.7. The first-order valence-electron chi connectivity index (χ1n) is 7.93. The van der Waals surface area contributed by atoms with Crippen molar-refractivity contribution in [2.24, 2.45) is 0 Å². The van der Waals surface area contributed by atoms with Gasteiger partial charge in [-0.05, 0) is 31.9 Å². The highest BCUT2D eigenvalue weighted by molar-refractivity contribution is 7.91. The molecule has 1 atom stereocenters. The molecule has 2 aromatic rings. The molecule has 0 radical (unpaired) electrons. The number of hydrogen-bond donors (Lipinski definition) is 0. The summed E-state index contributed by atoms with van der Waals surface area (Å²) in [6, 6.07) is 3.43. The van der Waals surface area contributed by atoms with Gasteiger partial charge in [0.15, 0.2) is 20.6 Å². The van der Waals surface area contributed by atoms with Gasteiger partial charge < -0.3 is 9.32 Å². The standard InChI is InChI=1S/C16H20N2O4S2/c1-3-7-18(12-6-8-24(20,21)10-12)16(19)13-9-23-15(17-13)14-5-4-11(2)22-14/h4-5,9,12H,3,6-8,10H2,1-2H3/t12-/m1/s1. The van der Waals surface area contributed by atoms with Crippen LogP contribution in [0.15, 0.2) is 21.9 Å². The van der Waals surface area contributed by atoms with E-state index in [0.29, 0.717) is 29.4 Å². The smallest absolute Gasteiger partial charge is 0.273 e. The van der Waals surface area contributed by atoms with Gasteiger partial charge in [0.1, 0.15) is 11.5 Å². The Labute approximate surface area is 145 Å². The zero-order valence-corrected chi connectivity index (χ0v) is 15.3. The van der Waals surface area contributed by atoms with Crippen molar-refractivity contribution in [1.29, 1.82) is 0 Å². The summed E-state index contributed by atoms with van der Waals surface area (Å²) >= 11 is 1.35. The van der Waals surface area contributed by atoms with E-state index in [0.717, 1.165) is 12.2 Å². The van der Waals surface area contributed by atoms with Crippen molar-refractivity contribution in [3.63, 3.8) is 0 Å². The van der Waals surface area contributed by atoms with Crippen molar-refractivity contribution in [3.05, 3.63) is 29.0 Å². The fraction of sp³-hybridized carbons (Fsp3) is 0.500. The van der Waals surface area contributed by atoms with Crippen molar-refractivity contribution in [2.75, 3.05) is 18.1 Å². The van der Waals surface area contributed by atoms with Crippen LogP contribution in [0.2, 0.25) is 0 Å². The van der Waals surface area contributed by atoms with Crippen LogP contribution < -0.4 is 0 Å². The van der Waals surface area contributed by atoms with Gasteiger partial charge in [0.25, 0.3) is 5.91 Å². The summed E-state index contributed by atoms with van der Waals surface area (Å²) in [5.41, 5.74) is 0.349. The van der Waals surface area contributed by atoms with E-state index >= 15 is 0 Å². The molecule has 0 aromatic carbocycles. The lowest BCUT2D eigenvalue weighted by molar-refractivity contribution is 0.0692. The summed E-state index contributed by atoms with van der Waals surface area (Å²) in [5, 5.41) is 2.36. The molecular formula is C16H20N2O4S2.